The number of nitrogens with two attached hydrogens (primary N) is 1. The number of hydrogen-bond donors (Lipinski definition) is 1. The van der Waals surface area contributed by atoms with Crippen molar-refractivity contribution in [3.63, 3.8) is 0 Å². The van der Waals surface area contributed by atoms with E-state index in [1.807, 2.05) is 12.1 Å². The zero-order valence-electron chi connectivity index (χ0n) is 10.3. The van der Waals surface area contributed by atoms with Crippen LogP contribution in [0.5, 0.6) is 0 Å². The predicted molar refractivity (Wildman–Crippen MR) is 80.0 cm³/mol. The second kappa shape index (κ2) is 6.48. The lowest BCUT2D eigenvalue weighted by Crippen LogP contribution is -2.48. The number of benzene rings is 1. The highest BCUT2D eigenvalue weighted by Gasteiger charge is 2.16. The molecule has 0 atom stereocenters. The van der Waals surface area contributed by atoms with Crippen molar-refractivity contribution in [1.29, 1.82) is 0 Å². The first-order valence-corrected chi connectivity index (χ1v) is 6.89. The van der Waals surface area contributed by atoms with Gasteiger partial charge in [0.2, 0.25) is 0 Å². The van der Waals surface area contributed by atoms with Crippen molar-refractivity contribution in [1.82, 2.24) is 9.80 Å². The highest BCUT2D eigenvalue weighted by Crippen LogP contribution is 2.12. The summed E-state index contributed by atoms with van der Waals surface area (Å²) in [5.74, 6) is 0. The quantitative estimate of drug-likeness (QED) is 0.854. The van der Waals surface area contributed by atoms with E-state index in [0.717, 1.165) is 44.3 Å². The van der Waals surface area contributed by atoms with Crippen LogP contribution < -0.4 is 5.73 Å². The molecule has 1 heterocycles. The van der Waals surface area contributed by atoms with E-state index < -0.39 is 0 Å². The molecule has 1 saturated heterocycles. The summed E-state index contributed by atoms with van der Waals surface area (Å²) in [5, 5.41) is 0.792. The second-order valence-electron chi connectivity index (χ2n) is 4.65. The maximum atomic E-state index is 5.88. The molecule has 98 valence electrons. The molecular weight excluding hydrogens is 266 g/mol. The lowest BCUT2D eigenvalue weighted by Gasteiger charge is -2.34. The first-order chi connectivity index (χ1) is 8.63. The van der Waals surface area contributed by atoms with E-state index in [4.69, 9.17) is 29.6 Å². The summed E-state index contributed by atoms with van der Waals surface area (Å²) in [6, 6.07) is 8.06. The van der Waals surface area contributed by atoms with Crippen LogP contribution in [0.15, 0.2) is 24.3 Å². The molecule has 0 spiro atoms. The summed E-state index contributed by atoms with van der Waals surface area (Å²) in [6.07, 6.45) is 0. The third kappa shape index (κ3) is 4.21. The minimum absolute atomic E-state index is 0.584. The Hall–Kier alpha value is -0.680. The number of rotatable bonds is 4. The highest BCUT2D eigenvalue weighted by molar-refractivity contribution is 7.80. The monoisotopic (exact) mass is 283 g/mol. The van der Waals surface area contributed by atoms with Crippen LogP contribution in [-0.2, 0) is 6.54 Å². The molecule has 1 aromatic rings. The van der Waals surface area contributed by atoms with Crippen molar-refractivity contribution in [3.05, 3.63) is 34.9 Å². The summed E-state index contributed by atoms with van der Waals surface area (Å²) in [4.78, 5) is 5.33. The van der Waals surface area contributed by atoms with Crippen molar-refractivity contribution in [2.24, 2.45) is 5.73 Å². The maximum Gasteiger partial charge on any atom is 0.0870 e. The molecule has 0 aliphatic carbocycles. The lowest BCUT2D eigenvalue weighted by atomic mass is 10.2. The van der Waals surface area contributed by atoms with E-state index in [1.54, 1.807) is 0 Å². The fourth-order valence-corrected chi connectivity index (χ4v) is 2.48. The average Bonchev–Trinajstić information content (AvgIpc) is 2.34. The fraction of sp³-hybridized carbons (Fsp3) is 0.462. The van der Waals surface area contributed by atoms with Crippen LogP contribution in [0.25, 0.3) is 0 Å². The molecule has 2 rings (SSSR count). The summed E-state index contributed by atoms with van der Waals surface area (Å²) in [7, 11) is 0. The smallest absolute Gasteiger partial charge is 0.0870 e. The van der Waals surface area contributed by atoms with Gasteiger partial charge in [-0.15, -0.1) is 0 Å². The number of nitrogens with zero attached hydrogens (tertiary/aromatic N) is 2. The number of thiocarbonyl (C=S) groups is 1. The molecular formula is C13H18ClN3S. The maximum absolute atomic E-state index is 5.88. The number of hydrogen-bond acceptors (Lipinski definition) is 3. The Morgan fingerprint density at radius 3 is 2.22 bits per heavy atom. The van der Waals surface area contributed by atoms with Gasteiger partial charge in [-0.05, 0) is 17.7 Å². The zero-order valence-corrected chi connectivity index (χ0v) is 11.9. The third-order valence-corrected chi connectivity index (χ3v) is 3.54. The van der Waals surface area contributed by atoms with Gasteiger partial charge in [0.1, 0.15) is 0 Å². The number of piperazine rings is 1. The van der Waals surface area contributed by atoms with Gasteiger partial charge in [0.25, 0.3) is 0 Å². The van der Waals surface area contributed by atoms with E-state index in [2.05, 4.69) is 21.9 Å². The molecule has 0 amide bonds. The molecule has 2 N–H and O–H groups in total. The lowest BCUT2D eigenvalue weighted by molar-refractivity contribution is 0.140. The van der Waals surface area contributed by atoms with Gasteiger partial charge in [0.15, 0.2) is 0 Å². The van der Waals surface area contributed by atoms with Gasteiger partial charge in [-0.3, -0.25) is 9.80 Å². The summed E-state index contributed by atoms with van der Waals surface area (Å²) in [5.41, 5.74) is 6.87. The van der Waals surface area contributed by atoms with Crippen LogP contribution in [0.1, 0.15) is 5.56 Å². The molecule has 0 saturated carbocycles. The van der Waals surface area contributed by atoms with E-state index in [9.17, 15) is 0 Å². The van der Waals surface area contributed by atoms with Crippen molar-refractivity contribution in [3.8, 4) is 0 Å². The SMILES string of the molecule is NC(=S)CN1CCN(Cc2ccc(Cl)cc2)CC1. The van der Waals surface area contributed by atoms with Gasteiger partial charge in [-0.1, -0.05) is 36.0 Å². The third-order valence-electron chi connectivity index (χ3n) is 3.16. The van der Waals surface area contributed by atoms with Gasteiger partial charge in [-0.25, -0.2) is 0 Å². The number of halogens is 1. The molecule has 1 aliphatic heterocycles. The van der Waals surface area contributed by atoms with Crippen molar-refractivity contribution >= 4 is 28.8 Å². The molecule has 0 bridgehead atoms. The van der Waals surface area contributed by atoms with Crippen molar-refractivity contribution in [2.45, 2.75) is 6.54 Å². The van der Waals surface area contributed by atoms with E-state index in [-0.39, 0.29) is 0 Å². The Morgan fingerprint density at radius 1 is 1.11 bits per heavy atom. The summed E-state index contributed by atoms with van der Waals surface area (Å²) < 4.78 is 0. The van der Waals surface area contributed by atoms with E-state index in [0.29, 0.717) is 4.99 Å². The Morgan fingerprint density at radius 2 is 1.67 bits per heavy atom. The topological polar surface area (TPSA) is 32.5 Å². The molecule has 5 heteroatoms. The largest absolute Gasteiger partial charge is 0.392 e. The minimum atomic E-state index is 0.584. The van der Waals surface area contributed by atoms with E-state index >= 15 is 0 Å². The second-order valence-corrected chi connectivity index (χ2v) is 5.61. The molecule has 0 unspecified atom stereocenters. The normalized spacial score (nSPS) is 17.8. The minimum Gasteiger partial charge on any atom is -0.392 e. The van der Waals surface area contributed by atoms with Crippen molar-refractivity contribution in [2.75, 3.05) is 32.7 Å². The molecule has 1 fully saturated rings. The Labute approximate surface area is 119 Å². The molecule has 3 nitrogen and oxygen atoms in total. The standard InChI is InChI=1S/C13H18ClN3S/c14-12-3-1-11(2-4-12)9-16-5-7-17(8-6-16)10-13(15)18/h1-4H,5-10H2,(H2,15,18). The van der Waals surface area contributed by atoms with Gasteiger partial charge in [-0.2, -0.15) is 0 Å². The van der Waals surface area contributed by atoms with Gasteiger partial charge in [0.05, 0.1) is 4.99 Å². The van der Waals surface area contributed by atoms with Gasteiger partial charge in [0, 0.05) is 44.3 Å². The average molecular weight is 284 g/mol. The van der Waals surface area contributed by atoms with Gasteiger partial charge < -0.3 is 5.73 Å². The molecule has 0 radical (unpaired) electrons. The molecule has 1 aromatic carbocycles. The Kier molecular flexibility index (Phi) is 4.95. The first kappa shape index (κ1) is 13.7. The molecule has 1 aliphatic rings. The van der Waals surface area contributed by atoms with Crippen LogP contribution in [-0.4, -0.2) is 47.5 Å². The first-order valence-electron chi connectivity index (χ1n) is 6.11. The van der Waals surface area contributed by atoms with Crippen LogP contribution in [0.4, 0.5) is 0 Å². The van der Waals surface area contributed by atoms with Crippen LogP contribution in [0.3, 0.4) is 0 Å². The van der Waals surface area contributed by atoms with E-state index in [1.165, 1.54) is 5.56 Å². The Balaban J connectivity index is 1.79. The Bertz CT molecular complexity index is 399. The van der Waals surface area contributed by atoms with Crippen LogP contribution >= 0.6 is 23.8 Å². The fourth-order valence-electron chi connectivity index (χ4n) is 2.17. The summed E-state index contributed by atoms with van der Waals surface area (Å²) >= 11 is 10.8. The van der Waals surface area contributed by atoms with Crippen molar-refractivity contribution < 1.29 is 0 Å². The zero-order chi connectivity index (χ0) is 13.0. The van der Waals surface area contributed by atoms with Gasteiger partial charge >= 0.3 is 0 Å². The molecule has 18 heavy (non-hydrogen) atoms. The molecule has 0 aromatic heterocycles. The highest BCUT2D eigenvalue weighted by atomic mass is 35.5. The summed E-state index contributed by atoms with van der Waals surface area (Å²) in [6.45, 7) is 5.91. The predicted octanol–water partition coefficient (Wildman–Crippen LogP) is 1.74. The van der Waals surface area contributed by atoms with Crippen LogP contribution in [0, 0.1) is 0 Å². The van der Waals surface area contributed by atoms with Crippen LogP contribution in [0.2, 0.25) is 5.02 Å².